The Morgan fingerprint density at radius 3 is 2.62 bits per heavy atom. The summed E-state index contributed by atoms with van der Waals surface area (Å²) in [5.41, 5.74) is 7.99. The number of hydrogen-bond acceptors (Lipinski definition) is 5. The van der Waals surface area contributed by atoms with Gasteiger partial charge in [0.15, 0.2) is 5.84 Å². The van der Waals surface area contributed by atoms with Crippen molar-refractivity contribution in [2.24, 2.45) is 10.9 Å². The van der Waals surface area contributed by atoms with Crippen LogP contribution >= 0.6 is 0 Å². The molecule has 1 aromatic carbocycles. The zero-order valence-electron chi connectivity index (χ0n) is 12.2. The highest BCUT2D eigenvalue weighted by Crippen LogP contribution is 2.14. The second kappa shape index (κ2) is 6.69. The van der Waals surface area contributed by atoms with Crippen LogP contribution in [0.15, 0.2) is 41.6 Å². The lowest BCUT2D eigenvalue weighted by Crippen LogP contribution is -2.26. The maximum Gasteiger partial charge on any atom is 0.226 e. The van der Waals surface area contributed by atoms with E-state index in [2.05, 4.69) is 27.3 Å². The molecule has 3 N–H and O–H groups in total. The average Bonchev–Trinajstić information content (AvgIpc) is 2.52. The molecule has 6 nitrogen and oxygen atoms in total. The van der Waals surface area contributed by atoms with Crippen molar-refractivity contribution in [3.8, 4) is 0 Å². The van der Waals surface area contributed by atoms with Crippen molar-refractivity contribution in [2.75, 3.05) is 11.4 Å². The smallest absolute Gasteiger partial charge is 0.226 e. The maximum atomic E-state index is 8.79. The summed E-state index contributed by atoms with van der Waals surface area (Å²) in [6.45, 7) is 5.36. The SMILES string of the molecule is CCN(Cc1ccccc1)c1nc(C)cc(/C(N)=N/O)n1. The van der Waals surface area contributed by atoms with Crippen molar-refractivity contribution in [3.05, 3.63) is 53.3 Å². The summed E-state index contributed by atoms with van der Waals surface area (Å²) < 4.78 is 0. The molecule has 110 valence electrons. The van der Waals surface area contributed by atoms with Crippen LogP contribution in [0.4, 0.5) is 5.95 Å². The Labute approximate surface area is 123 Å². The highest BCUT2D eigenvalue weighted by Gasteiger charge is 2.12. The molecule has 2 aromatic rings. The molecule has 0 bridgehead atoms. The summed E-state index contributed by atoms with van der Waals surface area (Å²) in [5, 5.41) is 11.8. The average molecular weight is 285 g/mol. The summed E-state index contributed by atoms with van der Waals surface area (Å²) in [6, 6.07) is 11.8. The van der Waals surface area contributed by atoms with Gasteiger partial charge < -0.3 is 15.8 Å². The zero-order valence-corrected chi connectivity index (χ0v) is 12.2. The van der Waals surface area contributed by atoms with Gasteiger partial charge in [-0.15, -0.1) is 0 Å². The fourth-order valence-corrected chi connectivity index (χ4v) is 2.00. The van der Waals surface area contributed by atoms with E-state index in [1.54, 1.807) is 6.07 Å². The van der Waals surface area contributed by atoms with E-state index >= 15 is 0 Å². The minimum absolute atomic E-state index is 0.0162. The molecule has 6 heteroatoms. The van der Waals surface area contributed by atoms with Gasteiger partial charge in [0.2, 0.25) is 5.95 Å². The van der Waals surface area contributed by atoms with Crippen LogP contribution in [0.2, 0.25) is 0 Å². The monoisotopic (exact) mass is 285 g/mol. The quantitative estimate of drug-likeness (QED) is 0.379. The third kappa shape index (κ3) is 3.68. The summed E-state index contributed by atoms with van der Waals surface area (Å²) in [7, 11) is 0. The van der Waals surface area contributed by atoms with Gasteiger partial charge in [-0.2, -0.15) is 0 Å². The van der Waals surface area contributed by atoms with Gasteiger partial charge in [0.25, 0.3) is 0 Å². The molecule has 0 unspecified atom stereocenters. The standard InChI is InChI=1S/C15H19N5O/c1-3-20(10-12-7-5-4-6-8-12)15-17-11(2)9-13(18-15)14(16)19-21/h4-9,21H,3,10H2,1-2H3,(H2,16,19). The summed E-state index contributed by atoms with van der Waals surface area (Å²) in [5.74, 6) is 0.556. The molecule has 0 spiro atoms. The summed E-state index contributed by atoms with van der Waals surface area (Å²) >= 11 is 0. The largest absolute Gasteiger partial charge is 0.409 e. The number of amidine groups is 1. The number of nitrogens with zero attached hydrogens (tertiary/aromatic N) is 4. The number of nitrogens with two attached hydrogens (primary N) is 1. The molecular weight excluding hydrogens is 266 g/mol. The van der Waals surface area contributed by atoms with Gasteiger partial charge in [-0.1, -0.05) is 35.5 Å². The predicted molar refractivity (Wildman–Crippen MR) is 82.4 cm³/mol. The molecule has 0 aliphatic rings. The summed E-state index contributed by atoms with van der Waals surface area (Å²) in [4.78, 5) is 10.8. The molecular formula is C15H19N5O. The van der Waals surface area contributed by atoms with E-state index in [-0.39, 0.29) is 5.84 Å². The van der Waals surface area contributed by atoms with E-state index in [0.29, 0.717) is 18.2 Å². The normalized spacial score (nSPS) is 11.4. The van der Waals surface area contributed by atoms with Crippen LogP contribution in [0.5, 0.6) is 0 Å². The Hall–Kier alpha value is -2.63. The van der Waals surface area contributed by atoms with Crippen LogP contribution in [0.3, 0.4) is 0 Å². The molecule has 0 aliphatic carbocycles. The highest BCUT2D eigenvalue weighted by molar-refractivity contribution is 5.95. The van der Waals surface area contributed by atoms with Crippen molar-refractivity contribution in [1.29, 1.82) is 0 Å². The molecule has 0 radical (unpaired) electrons. The van der Waals surface area contributed by atoms with E-state index in [1.165, 1.54) is 5.56 Å². The van der Waals surface area contributed by atoms with Crippen molar-refractivity contribution >= 4 is 11.8 Å². The minimum atomic E-state index is -0.0162. The van der Waals surface area contributed by atoms with Gasteiger partial charge in [-0.3, -0.25) is 0 Å². The predicted octanol–water partition coefficient (Wildman–Crippen LogP) is 1.91. The molecule has 2 rings (SSSR count). The van der Waals surface area contributed by atoms with Crippen LogP contribution in [0.25, 0.3) is 0 Å². The van der Waals surface area contributed by atoms with Gasteiger partial charge in [0.05, 0.1) is 0 Å². The van der Waals surface area contributed by atoms with E-state index in [1.807, 2.05) is 36.9 Å². The number of benzene rings is 1. The summed E-state index contributed by atoms with van der Waals surface area (Å²) in [6.07, 6.45) is 0. The Balaban J connectivity index is 2.31. The number of rotatable bonds is 5. The minimum Gasteiger partial charge on any atom is -0.409 e. The molecule has 0 saturated carbocycles. The molecule has 1 aromatic heterocycles. The van der Waals surface area contributed by atoms with Gasteiger partial charge in [-0.05, 0) is 25.5 Å². The number of aryl methyl sites for hydroxylation is 1. The fraction of sp³-hybridized carbons (Fsp3) is 0.267. The van der Waals surface area contributed by atoms with Crippen molar-refractivity contribution in [2.45, 2.75) is 20.4 Å². The van der Waals surface area contributed by atoms with E-state index in [4.69, 9.17) is 10.9 Å². The second-order valence-electron chi connectivity index (χ2n) is 4.68. The van der Waals surface area contributed by atoms with Gasteiger partial charge >= 0.3 is 0 Å². The first-order valence-corrected chi connectivity index (χ1v) is 6.76. The fourth-order valence-electron chi connectivity index (χ4n) is 2.00. The lowest BCUT2D eigenvalue weighted by Gasteiger charge is -2.21. The Bertz CT molecular complexity index is 627. The first-order valence-electron chi connectivity index (χ1n) is 6.76. The third-order valence-electron chi connectivity index (χ3n) is 3.09. The molecule has 0 saturated heterocycles. The third-order valence-corrected chi connectivity index (χ3v) is 3.09. The Morgan fingerprint density at radius 1 is 1.29 bits per heavy atom. The van der Waals surface area contributed by atoms with E-state index < -0.39 is 0 Å². The van der Waals surface area contributed by atoms with Gasteiger partial charge in [-0.25, -0.2) is 9.97 Å². The van der Waals surface area contributed by atoms with Gasteiger partial charge in [0.1, 0.15) is 5.69 Å². The van der Waals surface area contributed by atoms with E-state index in [0.717, 1.165) is 12.2 Å². The number of aromatic nitrogens is 2. The first kappa shape index (κ1) is 14.8. The zero-order chi connectivity index (χ0) is 15.2. The Kier molecular flexibility index (Phi) is 4.71. The molecule has 0 amide bonds. The van der Waals surface area contributed by atoms with Crippen LogP contribution in [0.1, 0.15) is 23.9 Å². The molecule has 0 atom stereocenters. The van der Waals surface area contributed by atoms with Crippen LogP contribution in [-0.4, -0.2) is 27.6 Å². The van der Waals surface area contributed by atoms with E-state index in [9.17, 15) is 0 Å². The lowest BCUT2D eigenvalue weighted by molar-refractivity contribution is 0.318. The maximum absolute atomic E-state index is 8.79. The topological polar surface area (TPSA) is 87.6 Å². The number of oxime groups is 1. The van der Waals surface area contributed by atoms with Crippen molar-refractivity contribution < 1.29 is 5.21 Å². The van der Waals surface area contributed by atoms with Gasteiger partial charge in [0, 0.05) is 18.8 Å². The molecule has 0 fully saturated rings. The number of anilines is 1. The molecule has 0 aliphatic heterocycles. The second-order valence-corrected chi connectivity index (χ2v) is 4.68. The Morgan fingerprint density at radius 2 is 2.00 bits per heavy atom. The number of hydrogen-bond donors (Lipinski definition) is 2. The van der Waals surface area contributed by atoms with Crippen LogP contribution in [-0.2, 0) is 6.54 Å². The molecule has 21 heavy (non-hydrogen) atoms. The lowest BCUT2D eigenvalue weighted by atomic mass is 10.2. The van der Waals surface area contributed by atoms with Crippen molar-refractivity contribution in [1.82, 2.24) is 9.97 Å². The molecule has 1 heterocycles. The first-order chi connectivity index (χ1) is 10.1. The van der Waals surface area contributed by atoms with Crippen LogP contribution < -0.4 is 10.6 Å². The highest BCUT2D eigenvalue weighted by atomic mass is 16.4. The van der Waals surface area contributed by atoms with Crippen molar-refractivity contribution in [3.63, 3.8) is 0 Å². The van der Waals surface area contributed by atoms with Crippen LogP contribution in [0, 0.1) is 6.92 Å².